The fourth-order valence-electron chi connectivity index (χ4n) is 10.9. The van der Waals surface area contributed by atoms with Gasteiger partial charge in [0.25, 0.3) is 11.8 Å². The van der Waals surface area contributed by atoms with Gasteiger partial charge in [0.2, 0.25) is 29.5 Å². The van der Waals surface area contributed by atoms with Crippen molar-refractivity contribution in [2.24, 2.45) is 0 Å². The zero-order chi connectivity index (χ0) is 67.5. The first kappa shape index (κ1) is 73.9. The van der Waals surface area contributed by atoms with Gasteiger partial charge in [0, 0.05) is 121 Å². The number of carboxylic acid groups (broad SMARTS) is 3. The predicted molar refractivity (Wildman–Crippen MR) is 336 cm³/mol. The summed E-state index contributed by atoms with van der Waals surface area (Å²) in [4.78, 5) is 145. The molecule has 3 aromatic rings. The van der Waals surface area contributed by atoms with E-state index in [9.17, 15) is 77.3 Å². The maximum absolute atomic E-state index is 14.4. The quantitative estimate of drug-likeness (QED) is 0.0325. The van der Waals surface area contributed by atoms with Crippen LogP contribution in [0.1, 0.15) is 60.0 Å². The molecule has 7 N–H and O–H groups in total. The number of halogens is 2. The molecule has 0 bridgehead atoms. The van der Waals surface area contributed by atoms with Gasteiger partial charge < -0.3 is 55.9 Å². The number of fused-ring (bicyclic) bond motifs is 1. The van der Waals surface area contributed by atoms with Gasteiger partial charge in [0.05, 0.1) is 76.6 Å². The van der Waals surface area contributed by atoms with Gasteiger partial charge in [-0.15, -0.1) is 0 Å². The number of thioether (sulfide) groups is 1. The lowest BCUT2D eigenvalue weighted by atomic mass is 10.1. The van der Waals surface area contributed by atoms with Crippen molar-refractivity contribution in [3.05, 3.63) is 71.4 Å². The number of nitrogens with one attached hydrogen (secondary N) is 4. The number of nitrogens with zero attached hydrogens (tertiary/aromatic N) is 9. The molecule has 93 heavy (non-hydrogen) atoms. The molecule has 0 saturated carbocycles. The van der Waals surface area contributed by atoms with Crippen molar-refractivity contribution in [1.29, 1.82) is 5.26 Å². The highest BCUT2D eigenvalue weighted by molar-refractivity contribution is 7.99. The lowest BCUT2D eigenvalue weighted by Crippen LogP contribution is -2.59. The second kappa shape index (κ2) is 37.5. The highest BCUT2D eigenvalue weighted by Gasteiger charge is 2.47. The van der Waals surface area contributed by atoms with Crippen LogP contribution in [0.5, 0.6) is 5.75 Å². The third-order valence-electron chi connectivity index (χ3n) is 16.0. The van der Waals surface area contributed by atoms with E-state index in [1.807, 2.05) is 31.2 Å². The van der Waals surface area contributed by atoms with E-state index in [2.05, 4.69) is 31.2 Å². The summed E-state index contributed by atoms with van der Waals surface area (Å²) in [5.41, 5.74) is 2.90. The number of carbonyl (C=O) groups is 10. The molecule has 4 heterocycles. The van der Waals surface area contributed by atoms with Crippen LogP contribution in [-0.4, -0.2) is 294 Å². The minimum absolute atomic E-state index is 0.0269. The van der Waals surface area contributed by atoms with Crippen molar-refractivity contribution in [3.8, 4) is 11.8 Å². The monoisotopic (exact) mass is 1320 g/mol. The van der Waals surface area contributed by atoms with E-state index < -0.39 is 103 Å². The average molecular weight is 1320 g/mol. The molecule has 3 aliphatic heterocycles. The number of hydrogen-bond donors (Lipinski definition) is 7. The van der Waals surface area contributed by atoms with Gasteiger partial charge in [-0.25, -0.2) is 8.78 Å². The summed E-state index contributed by atoms with van der Waals surface area (Å²) in [6.07, 6.45) is 3.10. The number of esters is 1. The molecule has 2 aromatic carbocycles. The van der Waals surface area contributed by atoms with Crippen LogP contribution in [0.3, 0.4) is 0 Å². The van der Waals surface area contributed by atoms with E-state index in [0.717, 1.165) is 29.6 Å². The van der Waals surface area contributed by atoms with Gasteiger partial charge in [-0.2, -0.15) is 17.0 Å². The SMILES string of the molecule is COC(=O)C[C@H](NC(=O)[C@H](CSCCNC(=O)CCCc1ccc(C)cc1)NC(=O)CN1CCN(CC(=O)O)CCN(CC(=O)O)CCN(CC(=O)O)CC1)C(=O)N1CCN(CCCCOc2ccc3nccc(C(=O)NCC(=O)N4CC(F)(F)C[C@@H]4C#N)c3c2)CC1. The minimum atomic E-state index is -3.20. The number of aliphatic carboxylic acids is 3. The highest BCUT2D eigenvalue weighted by atomic mass is 32.2. The molecule has 0 radical (unpaired) electrons. The number of aryl methyl sites for hydroxylation is 2. The number of amides is 6. The molecule has 3 aliphatic rings. The molecule has 3 fully saturated rings. The zero-order valence-corrected chi connectivity index (χ0v) is 53.4. The van der Waals surface area contributed by atoms with Gasteiger partial charge in [0.1, 0.15) is 23.9 Å². The van der Waals surface area contributed by atoms with Crippen LogP contribution in [0.4, 0.5) is 8.78 Å². The van der Waals surface area contributed by atoms with Crippen LogP contribution in [0.2, 0.25) is 0 Å². The molecule has 0 unspecified atom stereocenters. The summed E-state index contributed by atoms with van der Waals surface area (Å²) in [6, 6.07) is 12.3. The van der Waals surface area contributed by atoms with Crippen LogP contribution < -0.4 is 26.0 Å². The molecule has 6 amide bonds. The van der Waals surface area contributed by atoms with Crippen molar-refractivity contribution >= 4 is 82.0 Å². The third-order valence-corrected chi connectivity index (χ3v) is 17.1. The van der Waals surface area contributed by atoms with Gasteiger partial charge in [0.15, 0.2) is 0 Å². The van der Waals surface area contributed by atoms with Gasteiger partial charge in [-0.1, -0.05) is 29.8 Å². The number of unbranched alkanes of at least 4 members (excludes halogenated alkanes) is 1. The first-order valence-electron chi connectivity index (χ1n) is 31.0. The molecule has 0 spiro atoms. The number of hydrogen-bond acceptors (Lipinski definition) is 20. The Hall–Kier alpha value is -8.15. The first-order valence-corrected chi connectivity index (χ1v) is 32.1. The largest absolute Gasteiger partial charge is 0.494 e. The van der Waals surface area contributed by atoms with E-state index >= 15 is 0 Å². The van der Waals surface area contributed by atoms with E-state index in [4.69, 9.17) is 9.47 Å². The standard InChI is InChI=1S/C62H85F2N13O15S/c1-43-8-10-44(11-9-43)6-5-7-52(78)67-16-31-93-41-51(69-53(79)37-72-18-20-73(38-55(81)82)22-24-75(40-57(85)86)25-23-74(21-19-72)39-56(83)84)60(89)70-50(33-58(87)91-2)61(90)76-28-26-71(27-29-76)17-3-4-30-92-46-12-13-49-48(32-46)47(14-15-66-49)59(88)68-36-54(80)77-42-62(63,64)34-45(77)35-65/h8-15,32,45,50-51H,3-7,16-31,33-34,36-42H2,1-2H3,(H,67,78)(H,68,88)(H,69,79)(H,70,89)(H,81,82)(H,83,84)(H,85,86)/t45-,50+,51+/m1/s1. The van der Waals surface area contributed by atoms with E-state index in [1.165, 1.54) is 24.0 Å². The van der Waals surface area contributed by atoms with E-state index in [1.54, 1.807) is 48.8 Å². The first-order chi connectivity index (χ1) is 44.5. The number of methoxy groups -OCH3 is 1. The summed E-state index contributed by atoms with van der Waals surface area (Å²) in [7, 11) is 1.15. The van der Waals surface area contributed by atoms with Gasteiger partial charge in [-0.3, -0.25) is 77.4 Å². The Morgan fingerprint density at radius 2 is 1.33 bits per heavy atom. The van der Waals surface area contributed by atoms with E-state index in [0.29, 0.717) is 74.3 Å². The van der Waals surface area contributed by atoms with Crippen LogP contribution in [0, 0.1) is 18.3 Å². The molecule has 28 nitrogen and oxygen atoms in total. The lowest BCUT2D eigenvalue weighted by molar-refractivity contribution is -0.147. The van der Waals surface area contributed by atoms with E-state index in [-0.39, 0.29) is 115 Å². The average Bonchev–Trinajstić information content (AvgIpc) is 1.83. The van der Waals surface area contributed by atoms with Gasteiger partial charge >= 0.3 is 23.9 Å². The maximum Gasteiger partial charge on any atom is 0.317 e. The van der Waals surface area contributed by atoms with Crippen molar-refractivity contribution in [1.82, 2.24) is 60.6 Å². The molecular weight excluding hydrogens is 1240 g/mol. The number of benzene rings is 2. The predicted octanol–water partition coefficient (Wildman–Crippen LogP) is 0.216. The number of carboxylic acids is 3. The molecule has 508 valence electrons. The molecule has 3 atom stereocenters. The Kier molecular flexibility index (Phi) is 29.8. The fraction of sp³-hybridized carbons (Fsp3) is 0.581. The van der Waals surface area contributed by atoms with Crippen molar-refractivity contribution in [2.75, 3.05) is 156 Å². The molecule has 0 aliphatic carbocycles. The van der Waals surface area contributed by atoms with Crippen LogP contribution >= 0.6 is 11.8 Å². The number of carbonyl (C=O) groups excluding carboxylic acids is 7. The lowest BCUT2D eigenvalue weighted by Gasteiger charge is -2.36. The summed E-state index contributed by atoms with van der Waals surface area (Å²) in [5.74, 6) is -10.1. The number of nitriles is 1. The zero-order valence-electron chi connectivity index (χ0n) is 52.6. The summed E-state index contributed by atoms with van der Waals surface area (Å²) in [5, 5.41) is 49.6. The summed E-state index contributed by atoms with van der Waals surface area (Å²) >= 11 is 1.25. The molecule has 6 rings (SSSR count). The number of aromatic nitrogens is 1. The Morgan fingerprint density at radius 1 is 0.731 bits per heavy atom. The number of piperazine rings is 1. The Balaban J connectivity index is 1.04. The molecule has 31 heteroatoms. The van der Waals surface area contributed by atoms with Crippen molar-refractivity contribution in [3.63, 3.8) is 0 Å². The molecule has 3 saturated heterocycles. The highest BCUT2D eigenvalue weighted by Crippen LogP contribution is 2.32. The number of likely N-dealkylation sites (tertiary alicyclic amines) is 1. The third kappa shape index (κ3) is 25.7. The van der Waals surface area contributed by atoms with Crippen LogP contribution in [-0.2, 0) is 54.3 Å². The number of rotatable bonds is 32. The summed E-state index contributed by atoms with van der Waals surface area (Å²) < 4.78 is 38.9. The second-order valence-corrected chi connectivity index (χ2v) is 24.3. The number of alkyl halides is 2. The van der Waals surface area contributed by atoms with Crippen LogP contribution in [0.25, 0.3) is 10.9 Å². The normalized spacial score (nSPS) is 17.8. The fourth-order valence-corrected chi connectivity index (χ4v) is 11.8. The smallest absolute Gasteiger partial charge is 0.317 e. The molecule has 1 aromatic heterocycles. The Bertz CT molecular complexity index is 3070. The topological polar surface area (TPSA) is 357 Å². The van der Waals surface area contributed by atoms with Crippen molar-refractivity contribution < 1.29 is 81.5 Å². The van der Waals surface area contributed by atoms with Crippen LogP contribution in [0.15, 0.2) is 54.7 Å². The number of ether oxygens (including phenoxy) is 2. The maximum atomic E-state index is 14.4. The Morgan fingerprint density at radius 3 is 1.92 bits per heavy atom. The van der Waals surface area contributed by atoms with Gasteiger partial charge in [-0.05, 0) is 69.0 Å². The Labute approximate surface area is 542 Å². The second-order valence-electron chi connectivity index (χ2n) is 23.2. The minimum Gasteiger partial charge on any atom is -0.494 e. The summed E-state index contributed by atoms with van der Waals surface area (Å²) in [6.45, 7) is 2.91. The van der Waals surface area contributed by atoms with Crippen molar-refractivity contribution in [2.45, 2.75) is 75.9 Å². The number of pyridine rings is 1. The molecular formula is C62H85F2N13O15S.